The van der Waals surface area contributed by atoms with Crippen molar-refractivity contribution >= 4 is 32.3 Å². The number of aryl methyl sites for hydroxylation is 1. The van der Waals surface area contributed by atoms with E-state index in [4.69, 9.17) is 0 Å². The molecule has 8 nitrogen and oxygen atoms in total. The Morgan fingerprint density at radius 1 is 1.29 bits per heavy atom. The number of pyridine rings is 1. The molecule has 0 bridgehead atoms. The van der Waals surface area contributed by atoms with E-state index in [9.17, 15) is 18.5 Å². The summed E-state index contributed by atoms with van der Waals surface area (Å²) in [5.41, 5.74) is 3.10. The summed E-state index contributed by atoms with van der Waals surface area (Å²) in [4.78, 5) is 17.9. The number of sulfonamides is 1. The second kappa shape index (κ2) is 6.84. The Kier molecular flexibility index (Phi) is 4.48. The van der Waals surface area contributed by atoms with Crippen molar-refractivity contribution in [2.45, 2.75) is 18.2 Å². The number of H-pyrrole nitrogens is 1. The highest BCUT2D eigenvalue weighted by Crippen LogP contribution is 2.31. The van der Waals surface area contributed by atoms with Crippen LogP contribution in [-0.4, -0.2) is 40.7 Å². The van der Waals surface area contributed by atoms with Gasteiger partial charge in [0.25, 0.3) is 5.69 Å². The van der Waals surface area contributed by atoms with Gasteiger partial charge in [0.15, 0.2) is 0 Å². The van der Waals surface area contributed by atoms with Gasteiger partial charge in [0.05, 0.1) is 9.82 Å². The summed E-state index contributed by atoms with van der Waals surface area (Å²) in [6.07, 6.45) is 6.04. The van der Waals surface area contributed by atoms with Crippen LogP contribution in [0, 0.1) is 17.0 Å². The molecular formula is C19H18N4O4S. The molecule has 0 atom stereocenters. The molecule has 0 amide bonds. The number of hydrogen-bond donors (Lipinski definition) is 1. The molecule has 1 aliphatic rings. The molecule has 9 heteroatoms. The van der Waals surface area contributed by atoms with Gasteiger partial charge < -0.3 is 4.98 Å². The van der Waals surface area contributed by atoms with Gasteiger partial charge in [0.1, 0.15) is 5.65 Å². The first-order chi connectivity index (χ1) is 13.4. The third-order valence-electron chi connectivity index (χ3n) is 4.98. The molecule has 3 heterocycles. The van der Waals surface area contributed by atoms with Crippen molar-refractivity contribution < 1.29 is 13.3 Å². The maximum Gasteiger partial charge on any atom is 0.273 e. The van der Waals surface area contributed by atoms with Gasteiger partial charge in [-0.3, -0.25) is 10.1 Å². The fourth-order valence-corrected chi connectivity index (χ4v) is 4.83. The molecule has 0 unspecified atom stereocenters. The van der Waals surface area contributed by atoms with Crippen molar-refractivity contribution in [2.75, 3.05) is 13.1 Å². The van der Waals surface area contributed by atoms with Crippen LogP contribution in [0.2, 0.25) is 0 Å². The maximum atomic E-state index is 12.9. The van der Waals surface area contributed by atoms with Gasteiger partial charge in [-0.25, -0.2) is 13.4 Å². The van der Waals surface area contributed by atoms with Gasteiger partial charge in [-0.05, 0) is 37.1 Å². The van der Waals surface area contributed by atoms with Crippen molar-refractivity contribution in [3.63, 3.8) is 0 Å². The predicted molar refractivity (Wildman–Crippen MR) is 105 cm³/mol. The van der Waals surface area contributed by atoms with Crippen molar-refractivity contribution in [3.8, 4) is 0 Å². The van der Waals surface area contributed by atoms with Gasteiger partial charge >= 0.3 is 0 Å². The summed E-state index contributed by atoms with van der Waals surface area (Å²) in [5, 5.41) is 12.1. The van der Waals surface area contributed by atoms with Gasteiger partial charge in [-0.1, -0.05) is 12.1 Å². The number of aromatic amines is 1. The van der Waals surface area contributed by atoms with E-state index in [-0.39, 0.29) is 17.1 Å². The molecule has 3 aromatic rings. The topological polar surface area (TPSA) is 109 Å². The van der Waals surface area contributed by atoms with Crippen molar-refractivity contribution in [1.82, 2.24) is 14.3 Å². The normalized spacial score (nSPS) is 15.5. The largest absolute Gasteiger partial charge is 0.346 e. The van der Waals surface area contributed by atoms with E-state index in [1.807, 2.05) is 24.4 Å². The minimum atomic E-state index is -3.81. The fraction of sp³-hybridized carbons (Fsp3) is 0.211. The molecule has 0 aliphatic carbocycles. The van der Waals surface area contributed by atoms with Crippen LogP contribution in [0.25, 0.3) is 16.6 Å². The first kappa shape index (κ1) is 18.3. The summed E-state index contributed by atoms with van der Waals surface area (Å²) in [6.45, 7) is 2.11. The van der Waals surface area contributed by atoms with E-state index < -0.39 is 14.9 Å². The molecule has 0 spiro atoms. The van der Waals surface area contributed by atoms with Crippen LogP contribution < -0.4 is 0 Å². The van der Waals surface area contributed by atoms with E-state index in [0.717, 1.165) is 28.2 Å². The molecule has 0 saturated heterocycles. The van der Waals surface area contributed by atoms with Crippen LogP contribution in [0.5, 0.6) is 0 Å². The van der Waals surface area contributed by atoms with Crippen molar-refractivity contribution in [2.24, 2.45) is 0 Å². The molecule has 144 valence electrons. The Balaban J connectivity index is 1.62. The molecular weight excluding hydrogens is 380 g/mol. The van der Waals surface area contributed by atoms with Crippen LogP contribution in [0.15, 0.2) is 53.7 Å². The monoisotopic (exact) mass is 398 g/mol. The standard InChI is InChI=1S/C19H18N4O4S/c1-13-4-5-15(11-18(13)23(24)25)28(26,27)22-9-6-14(7-10-22)17-12-21-19-16(17)3-2-8-20-19/h2-6,8,11-12H,7,9-10H2,1H3,(H,20,21). The molecule has 1 aromatic carbocycles. The number of rotatable bonds is 4. The minimum Gasteiger partial charge on any atom is -0.346 e. The zero-order valence-electron chi connectivity index (χ0n) is 15.1. The lowest BCUT2D eigenvalue weighted by Gasteiger charge is -2.25. The van der Waals surface area contributed by atoms with Crippen LogP contribution in [-0.2, 0) is 10.0 Å². The number of nitro benzene ring substituents is 1. The van der Waals surface area contributed by atoms with Gasteiger partial charge in [0, 0.05) is 48.1 Å². The average molecular weight is 398 g/mol. The molecule has 1 N–H and O–H groups in total. The van der Waals surface area contributed by atoms with Crippen LogP contribution in [0.3, 0.4) is 0 Å². The number of nitrogens with one attached hydrogen (secondary N) is 1. The zero-order valence-corrected chi connectivity index (χ0v) is 15.9. The van der Waals surface area contributed by atoms with Gasteiger partial charge in [0.2, 0.25) is 10.0 Å². The molecule has 4 rings (SSSR count). The second-order valence-electron chi connectivity index (χ2n) is 6.65. The third kappa shape index (κ3) is 3.08. The summed E-state index contributed by atoms with van der Waals surface area (Å²) < 4.78 is 27.2. The Hall–Kier alpha value is -3.04. The lowest BCUT2D eigenvalue weighted by molar-refractivity contribution is -0.385. The van der Waals surface area contributed by atoms with Crippen LogP contribution >= 0.6 is 0 Å². The Morgan fingerprint density at radius 3 is 2.82 bits per heavy atom. The molecule has 0 fully saturated rings. The lowest BCUT2D eigenvalue weighted by atomic mass is 10.0. The first-order valence-corrected chi connectivity index (χ1v) is 10.2. The molecule has 1 aliphatic heterocycles. The summed E-state index contributed by atoms with van der Waals surface area (Å²) in [6, 6.07) is 7.86. The van der Waals surface area contributed by atoms with Crippen LogP contribution in [0.1, 0.15) is 17.5 Å². The highest BCUT2D eigenvalue weighted by atomic mass is 32.2. The Bertz CT molecular complexity index is 1210. The number of fused-ring (bicyclic) bond motifs is 1. The second-order valence-corrected chi connectivity index (χ2v) is 8.59. The van der Waals surface area contributed by atoms with E-state index in [1.54, 1.807) is 13.1 Å². The highest BCUT2D eigenvalue weighted by Gasteiger charge is 2.28. The number of aromatic nitrogens is 2. The lowest BCUT2D eigenvalue weighted by Crippen LogP contribution is -2.34. The number of nitro groups is 1. The van der Waals surface area contributed by atoms with E-state index >= 15 is 0 Å². The fourth-order valence-electron chi connectivity index (χ4n) is 3.43. The average Bonchev–Trinajstić information content (AvgIpc) is 3.12. The Labute approximate surface area is 161 Å². The number of nitrogens with zero attached hydrogens (tertiary/aromatic N) is 3. The minimum absolute atomic E-state index is 0.0575. The van der Waals surface area contributed by atoms with Crippen molar-refractivity contribution in [3.05, 3.63) is 70.0 Å². The molecule has 28 heavy (non-hydrogen) atoms. The summed E-state index contributed by atoms with van der Waals surface area (Å²) >= 11 is 0. The summed E-state index contributed by atoms with van der Waals surface area (Å²) in [5.74, 6) is 0. The highest BCUT2D eigenvalue weighted by molar-refractivity contribution is 7.89. The molecule has 0 radical (unpaired) electrons. The quantitative estimate of drug-likeness (QED) is 0.536. The summed E-state index contributed by atoms with van der Waals surface area (Å²) in [7, 11) is -3.81. The maximum absolute atomic E-state index is 12.9. The van der Waals surface area contributed by atoms with Gasteiger partial charge in [-0.15, -0.1) is 0 Å². The third-order valence-corrected chi connectivity index (χ3v) is 6.85. The Morgan fingerprint density at radius 2 is 2.11 bits per heavy atom. The van der Waals surface area contributed by atoms with Crippen LogP contribution in [0.4, 0.5) is 5.69 Å². The van der Waals surface area contributed by atoms with E-state index in [0.29, 0.717) is 18.5 Å². The molecule has 0 saturated carbocycles. The zero-order chi connectivity index (χ0) is 19.9. The van der Waals surface area contributed by atoms with Gasteiger partial charge in [-0.2, -0.15) is 4.31 Å². The SMILES string of the molecule is Cc1ccc(S(=O)(=O)N2CC=C(c3c[nH]c4ncccc34)CC2)cc1[N+](=O)[O-]. The van der Waals surface area contributed by atoms with Crippen molar-refractivity contribution in [1.29, 1.82) is 0 Å². The smallest absolute Gasteiger partial charge is 0.273 e. The van der Waals surface area contributed by atoms with E-state index in [1.165, 1.54) is 16.4 Å². The predicted octanol–water partition coefficient (Wildman–Crippen LogP) is 3.26. The molecule has 2 aromatic heterocycles. The first-order valence-electron chi connectivity index (χ1n) is 8.74. The number of benzene rings is 1. The number of hydrogen-bond acceptors (Lipinski definition) is 5. The van der Waals surface area contributed by atoms with E-state index in [2.05, 4.69) is 9.97 Å².